The van der Waals surface area contributed by atoms with Gasteiger partial charge in [0.1, 0.15) is 17.2 Å². The van der Waals surface area contributed by atoms with Crippen molar-refractivity contribution >= 4 is 11.9 Å². The van der Waals surface area contributed by atoms with Crippen LogP contribution in [0.1, 0.15) is 37.0 Å². The molecule has 0 saturated heterocycles. The van der Waals surface area contributed by atoms with Gasteiger partial charge in [-0.2, -0.15) is 0 Å². The molecule has 9 heteroatoms. The molecule has 3 aromatic rings. The lowest BCUT2D eigenvalue weighted by molar-refractivity contribution is -0.162. The Kier molecular flexibility index (Phi) is 13.1. The molecule has 42 heavy (non-hydrogen) atoms. The molecule has 228 valence electrons. The fraction of sp³-hybridized carbons (Fsp3) is 0.394. The van der Waals surface area contributed by atoms with E-state index in [1.54, 1.807) is 31.4 Å². The molecule has 3 aromatic carbocycles. The Labute approximate surface area is 248 Å². The van der Waals surface area contributed by atoms with Crippen LogP contribution in [0, 0.1) is 19.8 Å². The standard InChI is InChI=1S/C18H18O6.C15H25NO2/c1-11-3-7-13(8-4-11)23-17(21)15(19)16(20)18(22)24-14-9-5-12(2)6-10-14;1-6-15(17,12(2)11-16(3)4)13-8-7-9-14(10-13)18-5/h3-10,15-16,19-20H,1-2H3;7-10,12,17H,6,11H2,1-5H3/t15-,16-;12-,15+/m11/s1. The summed E-state index contributed by atoms with van der Waals surface area (Å²) in [5.41, 5.74) is 2.06. The van der Waals surface area contributed by atoms with Crippen molar-refractivity contribution in [3.63, 3.8) is 0 Å². The zero-order valence-corrected chi connectivity index (χ0v) is 25.4. The molecule has 0 unspecified atom stereocenters. The smallest absolute Gasteiger partial charge is 0.343 e. The van der Waals surface area contributed by atoms with Gasteiger partial charge in [0.2, 0.25) is 0 Å². The molecule has 0 spiro atoms. The summed E-state index contributed by atoms with van der Waals surface area (Å²) in [6, 6.07) is 20.8. The molecule has 0 aromatic heterocycles. The molecule has 4 atom stereocenters. The molecule has 0 bridgehead atoms. The Bertz CT molecular complexity index is 1210. The lowest BCUT2D eigenvalue weighted by Gasteiger charge is -2.35. The van der Waals surface area contributed by atoms with Crippen LogP contribution in [0.5, 0.6) is 17.2 Å². The minimum Gasteiger partial charge on any atom is -0.497 e. The zero-order chi connectivity index (χ0) is 31.4. The first-order valence-electron chi connectivity index (χ1n) is 13.7. The summed E-state index contributed by atoms with van der Waals surface area (Å²) in [6.45, 7) is 8.69. The topological polar surface area (TPSA) is 126 Å². The van der Waals surface area contributed by atoms with Gasteiger partial charge in [-0.1, -0.05) is 61.4 Å². The fourth-order valence-electron chi connectivity index (χ4n) is 4.25. The van der Waals surface area contributed by atoms with Crippen LogP contribution in [0.2, 0.25) is 0 Å². The van der Waals surface area contributed by atoms with Gasteiger partial charge in [-0.05, 0) is 76.3 Å². The Morgan fingerprint density at radius 1 is 0.810 bits per heavy atom. The normalized spacial score (nSPS) is 14.5. The summed E-state index contributed by atoms with van der Waals surface area (Å²) in [4.78, 5) is 25.7. The first kappa shape index (κ1) is 34.4. The summed E-state index contributed by atoms with van der Waals surface area (Å²) < 4.78 is 15.1. The summed E-state index contributed by atoms with van der Waals surface area (Å²) in [5, 5.41) is 30.5. The van der Waals surface area contributed by atoms with Crippen molar-refractivity contribution in [1.29, 1.82) is 0 Å². The van der Waals surface area contributed by atoms with Crippen LogP contribution in [0.4, 0.5) is 0 Å². The van der Waals surface area contributed by atoms with Crippen molar-refractivity contribution in [1.82, 2.24) is 4.90 Å². The molecule has 9 nitrogen and oxygen atoms in total. The van der Waals surface area contributed by atoms with Gasteiger partial charge in [0, 0.05) is 12.5 Å². The number of nitrogens with zero attached hydrogens (tertiary/aromatic N) is 1. The quantitative estimate of drug-likeness (QED) is 0.227. The second-order valence-electron chi connectivity index (χ2n) is 10.5. The summed E-state index contributed by atoms with van der Waals surface area (Å²) in [6.07, 6.45) is -3.41. The third-order valence-corrected chi connectivity index (χ3v) is 6.82. The number of ether oxygens (including phenoxy) is 3. The van der Waals surface area contributed by atoms with Crippen LogP contribution in [0.3, 0.4) is 0 Å². The monoisotopic (exact) mass is 581 g/mol. The van der Waals surface area contributed by atoms with Gasteiger partial charge in [0.25, 0.3) is 0 Å². The SMILES string of the molecule is CC[C@@](O)(c1cccc(OC)c1)[C@H](C)CN(C)C.Cc1ccc(OC(=O)[C@H](O)[C@@H](O)C(=O)Oc2ccc(C)cc2)cc1. The lowest BCUT2D eigenvalue weighted by atomic mass is 9.80. The number of carbonyl (C=O) groups is 2. The first-order chi connectivity index (χ1) is 19.8. The van der Waals surface area contributed by atoms with Crippen molar-refractivity contribution in [2.75, 3.05) is 27.7 Å². The van der Waals surface area contributed by atoms with E-state index >= 15 is 0 Å². The largest absolute Gasteiger partial charge is 0.497 e. The molecule has 0 aliphatic carbocycles. The van der Waals surface area contributed by atoms with Gasteiger partial charge < -0.3 is 34.4 Å². The second kappa shape index (κ2) is 16.0. The van der Waals surface area contributed by atoms with E-state index in [-0.39, 0.29) is 17.4 Å². The van der Waals surface area contributed by atoms with Crippen molar-refractivity contribution < 1.29 is 39.1 Å². The van der Waals surface area contributed by atoms with Crippen LogP contribution in [0.25, 0.3) is 0 Å². The van der Waals surface area contributed by atoms with Gasteiger partial charge in [0.05, 0.1) is 12.7 Å². The molecule has 0 amide bonds. The van der Waals surface area contributed by atoms with E-state index in [1.165, 1.54) is 24.3 Å². The van der Waals surface area contributed by atoms with Crippen molar-refractivity contribution in [2.24, 2.45) is 5.92 Å². The van der Waals surface area contributed by atoms with Crippen molar-refractivity contribution in [3.05, 3.63) is 89.5 Å². The highest BCUT2D eigenvalue weighted by atomic mass is 16.6. The van der Waals surface area contributed by atoms with Crippen LogP contribution in [-0.4, -0.2) is 72.1 Å². The molecule has 0 saturated carbocycles. The maximum absolute atomic E-state index is 11.8. The number of hydrogen-bond acceptors (Lipinski definition) is 9. The first-order valence-corrected chi connectivity index (χ1v) is 13.7. The molecule has 3 rings (SSSR count). The maximum atomic E-state index is 11.8. The highest BCUT2D eigenvalue weighted by molar-refractivity contribution is 5.87. The van der Waals surface area contributed by atoms with Gasteiger partial charge in [-0.3, -0.25) is 0 Å². The van der Waals surface area contributed by atoms with E-state index in [2.05, 4.69) is 11.8 Å². The summed E-state index contributed by atoms with van der Waals surface area (Å²) >= 11 is 0. The van der Waals surface area contributed by atoms with Gasteiger partial charge in [-0.15, -0.1) is 0 Å². The molecule has 0 fully saturated rings. The maximum Gasteiger partial charge on any atom is 0.343 e. The second-order valence-corrected chi connectivity index (χ2v) is 10.5. The minimum atomic E-state index is -2.05. The Morgan fingerprint density at radius 2 is 1.26 bits per heavy atom. The van der Waals surface area contributed by atoms with E-state index in [1.807, 2.05) is 59.1 Å². The van der Waals surface area contributed by atoms with Gasteiger partial charge >= 0.3 is 11.9 Å². The van der Waals surface area contributed by atoms with Crippen LogP contribution in [-0.2, 0) is 15.2 Å². The average Bonchev–Trinajstić information content (AvgIpc) is 2.98. The average molecular weight is 582 g/mol. The number of methoxy groups -OCH3 is 1. The van der Waals surface area contributed by atoms with Crippen molar-refractivity contribution in [2.45, 2.75) is 51.9 Å². The summed E-state index contributed by atoms with van der Waals surface area (Å²) in [7, 11) is 5.70. The third-order valence-electron chi connectivity index (χ3n) is 6.82. The van der Waals surface area contributed by atoms with Crippen LogP contribution < -0.4 is 14.2 Å². The molecule has 0 aliphatic heterocycles. The molecule has 0 radical (unpaired) electrons. The van der Waals surface area contributed by atoms with E-state index in [9.17, 15) is 24.9 Å². The highest BCUT2D eigenvalue weighted by Gasteiger charge is 2.35. The zero-order valence-electron chi connectivity index (χ0n) is 25.4. The van der Waals surface area contributed by atoms with Crippen LogP contribution >= 0.6 is 0 Å². The highest BCUT2D eigenvalue weighted by Crippen LogP contribution is 2.35. The summed E-state index contributed by atoms with van der Waals surface area (Å²) in [5.74, 6) is -0.951. The molecule has 0 aliphatic rings. The lowest BCUT2D eigenvalue weighted by Crippen LogP contribution is -2.43. The Morgan fingerprint density at radius 3 is 1.64 bits per heavy atom. The number of hydrogen-bond donors (Lipinski definition) is 3. The number of carbonyl (C=O) groups excluding carboxylic acids is 2. The van der Waals surface area contributed by atoms with Crippen LogP contribution in [0.15, 0.2) is 72.8 Å². The van der Waals surface area contributed by atoms with Crippen molar-refractivity contribution in [3.8, 4) is 17.2 Å². The predicted octanol–water partition coefficient (Wildman–Crippen LogP) is 4.03. The van der Waals surface area contributed by atoms with E-state index in [4.69, 9.17) is 14.2 Å². The fourth-order valence-corrected chi connectivity index (χ4v) is 4.25. The number of aryl methyl sites for hydroxylation is 2. The molecular formula is C33H43NO8. The predicted molar refractivity (Wildman–Crippen MR) is 161 cm³/mol. The number of esters is 2. The van der Waals surface area contributed by atoms with E-state index in [0.29, 0.717) is 6.42 Å². The number of aliphatic hydroxyl groups is 3. The molecule has 3 N–H and O–H groups in total. The van der Waals surface area contributed by atoms with E-state index in [0.717, 1.165) is 29.0 Å². The number of benzene rings is 3. The number of rotatable bonds is 11. The minimum absolute atomic E-state index is 0.157. The Balaban J connectivity index is 0.000000307. The third kappa shape index (κ3) is 9.95. The molecular weight excluding hydrogens is 538 g/mol. The molecule has 0 heterocycles. The van der Waals surface area contributed by atoms with Gasteiger partial charge in [-0.25, -0.2) is 9.59 Å². The Hall–Kier alpha value is -3.76. The van der Waals surface area contributed by atoms with Gasteiger partial charge in [0.15, 0.2) is 12.2 Å². The number of aliphatic hydroxyl groups excluding tert-OH is 2. The van der Waals surface area contributed by atoms with E-state index < -0.39 is 29.7 Å².